The molecule has 1 fully saturated rings. The van der Waals surface area contributed by atoms with Crippen LogP contribution in [0.5, 0.6) is 0 Å². The Kier molecular flexibility index (Phi) is 6.05. The van der Waals surface area contributed by atoms with Gasteiger partial charge in [0.1, 0.15) is 0 Å². The third kappa shape index (κ3) is 3.92. The molecule has 108 valence electrons. The summed E-state index contributed by atoms with van der Waals surface area (Å²) in [6.45, 7) is 6.56. The summed E-state index contributed by atoms with van der Waals surface area (Å²) in [4.78, 5) is 7.21. The molecule has 2 N–H and O–H groups in total. The van der Waals surface area contributed by atoms with E-state index in [2.05, 4.69) is 49.8 Å². The van der Waals surface area contributed by atoms with Crippen LogP contribution in [0.25, 0.3) is 0 Å². The Balaban J connectivity index is 2.53. The highest BCUT2D eigenvalue weighted by atomic mass is 15.2. The van der Waals surface area contributed by atoms with Crippen LogP contribution in [0.4, 0.5) is 0 Å². The van der Waals surface area contributed by atoms with Crippen molar-refractivity contribution in [3.05, 3.63) is 0 Å². The second kappa shape index (κ2) is 6.85. The van der Waals surface area contributed by atoms with Crippen molar-refractivity contribution in [1.82, 2.24) is 14.7 Å². The number of rotatable bonds is 6. The van der Waals surface area contributed by atoms with Crippen molar-refractivity contribution in [2.24, 2.45) is 5.73 Å². The quantitative estimate of drug-likeness (QED) is 0.758. The van der Waals surface area contributed by atoms with Gasteiger partial charge >= 0.3 is 0 Å². The second-order valence-electron chi connectivity index (χ2n) is 6.29. The molecular weight excluding hydrogens is 224 g/mol. The van der Waals surface area contributed by atoms with Crippen LogP contribution >= 0.6 is 0 Å². The van der Waals surface area contributed by atoms with Gasteiger partial charge in [0, 0.05) is 18.1 Å². The van der Waals surface area contributed by atoms with Crippen LogP contribution in [0.2, 0.25) is 0 Å². The van der Waals surface area contributed by atoms with E-state index in [1.807, 2.05) is 0 Å². The molecule has 0 radical (unpaired) electrons. The van der Waals surface area contributed by atoms with Gasteiger partial charge in [-0.1, -0.05) is 0 Å². The maximum Gasteiger partial charge on any atom is 0.0355 e. The fraction of sp³-hybridized carbons (Fsp3) is 1.00. The van der Waals surface area contributed by atoms with E-state index in [0.29, 0.717) is 6.04 Å². The third-order valence-corrected chi connectivity index (χ3v) is 4.65. The molecule has 0 aromatic carbocycles. The lowest BCUT2D eigenvalue weighted by Gasteiger charge is -2.49. The second-order valence-corrected chi connectivity index (χ2v) is 6.29. The van der Waals surface area contributed by atoms with Gasteiger partial charge in [0.15, 0.2) is 0 Å². The van der Waals surface area contributed by atoms with E-state index in [-0.39, 0.29) is 5.54 Å². The smallest absolute Gasteiger partial charge is 0.0355 e. The number of likely N-dealkylation sites (tertiary alicyclic amines) is 1. The first-order valence-corrected chi connectivity index (χ1v) is 7.17. The summed E-state index contributed by atoms with van der Waals surface area (Å²) >= 11 is 0. The van der Waals surface area contributed by atoms with E-state index < -0.39 is 0 Å². The van der Waals surface area contributed by atoms with E-state index in [1.54, 1.807) is 0 Å². The number of hydrogen-bond donors (Lipinski definition) is 1. The SMILES string of the molecule is CC1CC(CN)(N(C)CCCN(C)C)CCN1C. The van der Waals surface area contributed by atoms with Gasteiger partial charge in [-0.25, -0.2) is 0 Å². The molecule has 0 bridgehead atoms. The van der Waals surface area contributed by atoms with Gasteiger partial charge in [0.25, 0.3) is 0 Å². The van der Waals surface area contributed by atoms with Crippen molar-refractivity contribution < 1.29 is 0 Å². The molecule has 1 saturated heterocycles. The average molecular weight is 256 g/mol. The summed E-state index contributed by atoms with van der Waals surface area (Å²) in [6, 6.07) is 0.638. The molecule has 4 heteroatoms. The standard InChI is InChI=1S/C14H32N4/c1-13-11-14(12-15,7-10-17(13)4)18(5)9-6-8-16(2)3/h13H,6-12,15H2,1-5H3. The molecule has 18 heavy (non-hydrogen) atoms. The monoisotopic (exact) mass is 256 g/mol. The Morgan fingerprint density at radius 1 is 1.28 bits per heavy atom. The Bertz CT molecular complexity index is 244. The van der Waals surface area contributed by atoms with Gasteiger partial charge in [-0.3, -0.25) is 4.90 Å². The van der Waals surface area contributed by atoms with Crippen LogP contribution in [0.1, 0.15) is 26.2 Å². The minimum atomic E-state index is 0.220. The van der Waals surface area contributed by atoms with Gasteiger partial charge in [0.05, 0.1) is 0 Å². The lowest BCUT2D eigenvalue weighted by Crippen LogP contribution is -2.60. The molecule has 1 aliphatic heterocycles. The van der Waals surface area contributed by atoms with E-state index in [0.717, 1.165) is 26.2 Å². The molecule has 0 spiro atoms. The molecule has 0 saturated carbocycles. The molecule has 0 aromatic rings. The summed E-state index contributed by atoms with van der Waals surface area (Å²) in [5.41, 5.74) is 6.33. The number of hydrogen-bond acceptors (Lipinski definition) is 4. The van der Waals surface area contributed by atoms with E-state index in [1.165, 1.54) is 19.3 Å². The molecule has 1 heterocycles. The number of likely N-dealkylation sites (N-methyl/N-ethyl adjacent to an activating group) is 1. The fourth-order valence-electron chi connectivity index (χ4n) is 2.96. The molecule has 0 amide bonds. The first kappa shape index (κ1) is 15.9. The maximum absolute atomic E-state index is 6.11. The molecule has 0 aromatic heterocycles. The summed E-state index contributed by atoms with van der Waals surface area (Å²) in [5, 5.41) is 0. The predicted octanol–water partition coefficient (Wildman–Crippen LogP) is 0.682. The van der Waals surface area contributed by atoms with Crippen molar-refractivity contribution in [2.45, 2.75) is 37.8 Å². The minimum absolute atomic E-state index is 0.220. The lowest BCUT2D eigenvalue weighted by atomic mass is 9.82. The van der Waals surface area contributed by atoms with Gasteiger partial charge in [-0.15, -0.1) is 0 Å². The maximum atomic E-state index is 6.11. The molecule has 0 aliphatic carbocycles. The predicted molar refractivity (Wildman–Crippen MR) is 78.9 cm³/mol. The zero-order valence-electron chi connectivity index (χ0n) is 12.9. The normalized spacial score (nSPS) is 30.3. The first-order valence-electron chi connectivity index (χ1n) is 7.17. The van der Waals surface area contributed by atoms with Gasteiger partial charge in [-0.05, 0) is 74.0 Å². The zero-order chi connectivity index (χ0) is 13.8. The van der Waals surface area contributed by atoms with Gasteiger partial charge in [-0.2, -0.15) is 0 Å². The zero-order valence-corrected chi connectivity index (χ0v) is 12.9. The van der Waals surface area contributed by atoms with Crippen LogP contribution in [0, 0.1) is 0 Å². The van der Waals surface area contributed by atoms with Crippen molar-refractivity contribution in [1.29, 1.82) is 0 Å². The van der Waals surface area contributed by atoms with Crippen molar-refractivity contribution in [3.8, 4) is 0 Å². The number of piperidine rings is 1. The van der Waals surface area contributed by atoms with E-state index in [9.17, 15) is 0 Å². The molecule has 1 aliphatic rings. The fourth-order valence-corrected chi connectivity index (χ4v) is 2.96. The lowest BCUT2D eigenvalue weighted by molar-refractivity contribution is 0.0254. The first-order chi connectivity index (χ1) is 8.41. The van der Waals surface area contributed by atoms with Crippen molar-refractivity contribution >= 4 is 0 Å². The van der Waals surface area contributed by atoms with Crippen molar-refractivity contribution in [2.75, 3.05) is 54.4 Å². The van der Waals surface area contributed by atoms with Crippen molar-refractivity contribution in [3.63, 3.8) is 0 Å². The Morgan fingerprint density at radius 3 is 2.44 bits per heavy atom. The number of nitrogens with two attached hydrogens (primary N) is 1. The van der Waals surface area contributed by atoms with Crippen LogP contribution < -0.4 is 5.73 Å². The van der Waals surface area contributed by atoms with E-state index in [4.69, 9.17) is 5.73 Å². The average Bonchev–Trinajstić information content (AvgIpc) is 2.32. The van der Waals surface area contributed by atoms with Gasteiger partial charge < -0.3 is 15.5 Å². The Hall–Kier alpha value is -0.160. The molecular formula is C14H32N4. The molecule has 4 nitrogen and oxygen atoms in total. The molecule has 2 unspecified atom stereocenters. The van der Waals surface area contributed by atoms with Crippen LogP contribution in [0.3, 0.4) is 0 Å². The van der Waals surface area contributed by atoms with Gasteiger partial charge in [0.2, 0.25) is 0 Å². The highest BCUT2D eigenvalue weighted by molar-refractivity contribution is 4.97. The van der Waals surface area contributed by atoms with E-state index >= 15 is 0 Å². The topological polar surface area (TPSA) is 35.7 Å². The summed E-state index contributed by atoms with van der Waals surface area (Å²) in [7, 11) is 8.74. The minimum Gasteiger partial charge on any atom is -0.329 e. The summed E-state index contributed by atoms with van der Waals surface area (Å²) in [5.74, 6) is 0. The highest BCUT2D eigenvalue weighted by Gasteiger charge is 2.38. The van der Waals surface area contributed by atoms with Crippen LogP contribution in [-0.2, 0) is 0 Å². The largest absolute Gasteiger partial charge is 0.329 e. The Labute approximate surface area is 113 Å². The van der Waals surface area contributed by atoms with Crippen LogP contribution in [0.15, 0.2) is 0 Å². The Morgan fingerprint density at radius 2 is 1.94 bits per heavy atom. The van der Waals surface area contributed by atoms with Crippen LogP contribution in [-0.4, -0.2) is 80.7 Å². The summed E-state index contributed by atoms with van der Waals surface area (Å²) < 4.78 is 0. The third-order valence-electron chi connectivity index (χ3n) is 4.65. The molecule has 2 atom stereocenters. The molecule has 1 rings (SSSR count). The summed E-state index contributed by atoms with van der Waals surface area (Å²) in [6.07, 6.45) is 3.61. The number of nitrogens with zero attached hydrogens (tertiary/aromatic N) is 3. The highest BCUT2D eigenvalue weighted by Crippen LogP contribution is 2.30.